The minimum Gasteiger partial charge on any atom is -0.497 e. The SMILES string of the molecule is COc1ccc(CCNC(=O)C23C[C@@H]4C[C@@H](CC(Br)(C4)C2)C3)cc1. The first-order chi connectivity index (χ1) is 11.5. The van der Waals surface area contributed by atoms with E-state index in [2.05, 4.69) is 33.4 Å². The summed E-state index contributed by atoms with van der Waals surface area (Å²) in [7, 11) is 1.68. The van der Waals surface area contributed by atoms with Crippen molar-refractivity contribution in [2.24, 2.45) is 17.3 Å². The van der Waals surface area contributed by atoms with Gasteiger partial charge >= 0.3 is 0 Å². The molecule has 4 atom stereocenters. The van der Waals surface area contributed by atoms with Gasteiger partial charge in [0.1, 0.15) is 5.75 Å². The summed E-state index contributed by atoms with van der Waals surface area (Å²) in [4.78, 5) is 13.0. The zero-order chi connectivity index (χ0) is 16.8. The molecule has 4 bridgehead atoms. The maximum atomic E-state index is 13.0. The Morgan fingerprint density at radius 3 is 2.46 bits per heavy atom. The van der Waals surface area contributed by atoms with E-state index >= 15 is 0 Å². The van der Waals surface area contributed by atoms with Gasteiger partial charge in [0.2, 0.25) is 5.91 Å². The van der Waals surface area contributed by atoms with E-state index in [0.717, 1.165) is 49.8 Å². The van der Waals surface area contributed by atoms with E-state index in [1.54, 1.807) is 7.11 Å². The second-order valence-corrected chi connectivity index (χ2v) is 9.93. The molecule has 0 spiro atoms. The third-order valence-corrected chi connectivity index (χ3v) is 7.26. The number of hydrogen-bond donors (Lipinski definition) is 1. The number of alkyl halides is 1. The lowest BCUT2D eigenvalue weighted by Crippen LogP contribution is -2.58. The van der Waals surface area contributed by atoms with Crippen LogP contribution in [-0.4, -0.2) is 23.9 Å². The van der Waals surface area contributed by atoms with Crippen molar-refractivity contribution in [2.75, 3.05) is 13.7 Å². The highest BCUT2D eigenvalue weighted by Gasteiger charge is 2.59. The molecule has 1 aromatic carbocycles. The summed E-state index contributed by atoms with van der Waals surface area (Å²) in [6, 6.07) is 8.10. The molecule has 4 fully saturated rings. The quantitative estimate of drug-likeness (QED) is 0.767. The first kappa shape index (κ1) is 16.4. The number of ether oxygens (including phenoxy) is 1. The fraction of sp³-hybridized carbons (Fsp3) is 0.650. The van der Waals surface area contributed by atoms with Crippen LogP contribution in [0.25, 0.3) is 0 Å². The van der Waals surface area contributed by atoms with Crippen molar-refractivity contribution in [2.45, 2.75) is 49.3 Å². The molecule has 3 nitrogen and oxygen atoms in total. The Hall–Kier alpha value is -1.03. The van der Waals surface area contributed by atoms with Gasteiger partial charge in [0.15, 0.2) is 0 Å². The maximum absolute atomic E-state index is 13.0. The molecule has 2 unspecified atom stereocenters. The van der Waals surface area contributed by atoms with E-state index in [1.165, 1.54) is 24.8 Å². The van der Waals surface area contributed by atoms with E-state index in [1.807, 2.05) is 12.1 Å². The minimum atomic E-state index is -0.104. The molecule has 24 heavy (non-hydrogen) atoms. The maximum Gasteiger partial charge on any atom is 0.226 e. The molecule has 0 aromatic heterocycles. The van der Waals surface area contributed by atoms with Crippen molar-refractivity contribution in [1.29, 1.82) is 0 Å². The molecule has 4 aliphatic rings. The minimum absolute atomic E-state index is 0.104. The van der Waals surface area contributed by atoms with Gasteiger partial charge < -0.3 is 10.1 Å². The highest BCUT2D eigenvalue weighted by molar-refractivity contribution is 9.10. The van der Waals surface area contributed by atoms with Gasteiger partial charge in [-0.05, 0) is 74.5 Å². The second-order valence-electron chi connectivity index (χ2n) is 8.25. The van der Waals surface area contributed by atoms with Crippen molar-refractivity contribution in [3.05, 3.63) is 29.8 Å². The number of hydrogen-bond acceptors (Lipinski definition) is 2. The number of halogens is 1. The summed E-state index contributed by atoms with van der Waals surface area (Å²) in [6.45, 7) is 0.720. The van der Waals surface area contributed by atoms with Gasteiger partial charge in [-0.3, -0.25) is 4.79 Å². The average Bonchev–Trinajstić information content (AvgIpc) is 2.53. The van der Waals surface area contributed by atoms with Gasteiger partial charge in [0.05, 0.1) is 12.5 Å². The van der Waals surface area contributed by atoms with Crippen LogP contribution in [0.2, 0.25) is 0 Å². The lowest BCUT2D eigenvalue weighted by atomic mass is 9.49. The molecule has 1 N–H and O–H groups in total. The lowest BCUT2D eigenvalue weighted by Gasteiger charge is -2.59. The molecule has 4 heteroatoms. The normalized spacial score (nSPS) is 36.6. The molecule has 0 saturated heterocycles. The highest BCUT2D eigenvalue weighted by atomic mass is 79.9. The number of amides is 1. The molecule has 1 amide bonds. The van der Waals surface area contributed by atoms with Crippen molar-refractivity contribution in [1.82, 2.24) is 5.32 Å². The Morgan fingerprint density at radius 1 is 1.21 bits per heavy atom. The van der Waals surface area contributed by atoms with Crippen molar-refractivity contribution in [3.8, 4) is 5.75 Å². The zero-order valence-corrected chi connectivity index (χ0v) is 15.9. The van der Waals surface area contributed by atoms with Crippen LogP contribution in [0.3, 0.4) is 0 Å². The second kappa shape index (κ2) is 6.05. The summed E-state index contributed by atoms with van der Waals surface area (Å²) in [6.07, 6.45) is 7.99. The number of carbonyl (C=O) groups excluding carboxylic acids is 1. The van der Waals surface area contributed by atoms with E-state index in [0.29, 0.717) is 5.91 Å². The van der Waals surface area contributed by atoms with Gasteiger partial charge in [-0.15, -0.1) is 0 Å². The Labute approximate surface area is 152 Å². The molecule has 1 aromatic rings. The molecule has 5 rings (SSSR count). The Bertz CT molecular complexity index is 613. The van der Waals surface area contributed by atoms with Crippen molar-refractivity contribution in [3.63, 3.8) is 0 Å². The van der Waals surface area contributed by atoms with E-state index in [9.17, 15) is 4.79 Å². The van der Waals surface area contributed by atoms with Gasteiger partial charge in [0.25, 0.3) is 0 Å². The number of methoxy groups -OCH3 is 1. The summed E-state index contributed by atoms with van der Waals surface area (Å²) >= 11 is 3.99. The topological polar surface area (TPSA) is 38.3 Å². The number of rotatable bonds is 5. The van der Waals surface area contributed by atoms with E-state index in [-0.39, 0.29) is 9.74 Å². The van der Waals surface area contributed by atoms with E-state index in [4.69, 9.17) is 4.74 Å². The summed E-state index contributed by atoms with van der Waals surface area (Å²) < 4.78 is 5.43. The molecule has 130 valence electrons. The first-order valence-corrected chi connectivity index (χ1v) is 9.90. The largest absolute Gasteiger partial charge is 0.497 e. The highest BCUT2D eigenvalue weighted by Crippen LogP contribution is 2.64. The summed E-state index contributed by atoms with van der Waals surface area (Å²) in [5.74, 6) is 2.67. The Balaban J connectivity index is 1.36. The third kappa shape index (κ3) is 2.98. The summed E-state index contributed by atoms with van der Waals surface area (Å²) in [5.41, 5.74) is 1.13. The predicted molar refractivity (Wildman–Crippen MR) is 98.5 cm³/mol. The number of nitrogens with one attached hydrogen (secondary N) is 1. The van der Waals surface area contributed by atoms with Gasteiger partial charge in [-0.2, -0.15) is 0 Å². The van der Waals surface area contributed by atoms with Crippen LogP contribution in [0.4, 0.5) is 0 Å². The molecule has 0 heterocycles. The predicted octanol–water partition coefficient (Wildman–Crippen LogP) is 4.09. The monoisotopic (exact) mass is 391 g/mol. The van der Waals surface area contributed by atoms with Gasteiger partial charge in [-0.1, -0.05) is 28.1 Å². The molecule has 4 saturated carbocycles. The van der Waals surface area contributed by atoms with Crippen molar-refractivity contribution >= 4 is 21.8 Å². The molecule has 0 aliphatic heterocycles. The molecule has 0 radical (unpaired) electrons. The third-order valence-electron chi connectivity index (χ3n) is 6.33. The Kier molecular flexibility index (Phi) is 4.14. The zero-order valence-electron chi connectivity index (χ0n) is 14.3. The van der Waals surface area contributed by atoms with Crippen LogP contribution in [0, 0.1) is 17.3 Å². The van der Waals surface area contributed by atoms with Crippen LogP contribution in [0.5, 0.6) is 5.75 Å². The van der Waals surface area contributed by atoms with Crippen LogP contribution in [-0.2, 0) is 11.2 Å². The fourth-order valence-electron chi connectivity index (χ4n) is 5.72. The van der Waals surface area contributed by atoms with Crippen LogP contribution in [0.1, 0.15) is 44.1 Å². The number of carbonyl (C=O) groups is 1. The van der Waals surface area contributed by atoms with Crippen LogP contribution in [0.15, 0.2) is 24.3 Å². The molecule has 4 aliphatic carbocycles. The lowest BCUT2D eigenvalue weighted by molar-refractivity contribution is -0.143. The Morgan fingerprint density at radius 2 is 1.88 bits per heavy atom. The molecular weight excluding hydrogens is 366 g/mol. The molecular formula is C20H26BrNO2. The van der Waals surface area contributed by atoms with Crippen LogP contribution < -0.4 is 10.1 Å². The average molecular weight is 392 g/mol. The van der Waals surface area contributed by atoms with Gasteiger partial charge in [0, 0.05) is 10.9 Å². The van der Waals surface area contributed by atoms with Crippen molar-refractivity contribution < 1.29 is 9.53 Å². The van der Waals surface area contributed by atoms with Crippen LogP contribution >= 0.6 is 15.9 Å². The fourth-order valence-corrected chi connectivity index (χ4v) is 7.17. The standard InChI is InChI=1S/C20H26BrNO2/c1-24-17-4-2-14(3-5-17)6-7-22-18(23)19-9-15-8-16(10-19)12-20(21,11-15)13-19/h2-5,15-16H,6-13H2,1H3,(H,22,23)/t15-,16+,19?,20?. The first-order valence-electron chi connectivity index (χ1n) is 9.10. The number of benzene rings is 1. The summed E-state index contributed by atoms with van der Waals surface area (Å²) in [5, 5.41) is 3.24. The van der Waals surface area contributed by atoms with Gasteiger partial charge in [-0.25, -0.2) is 0 Å². The smallest absolute Gasteiger partial charge is 0.226 e. The van der Waals surface area contributed by atoms with E-state index < -0.39 is 0 Å².